The third-order valence-corrected chi connectivity index (χ3v) is 4.31. The number of methoxy groups -OCH3 is 1. The number of nitrogens with zero attached hydrogens (tertiary/aromatic N) is 4. The molecule has 0 aromatic carbocycles. The van der Waals surface area contributed by atoms with Crippen LogP contribution in [0.2, 0.25) is 0 Å². The summed E-state index contributed by atoms with van der Waals surface area (Å²) in [6, 6.07) is 0. The maximum Gasteiger partial charge on any atom is 0.276 e. The average Bonchev–Trinajstić information content (AvgIpc) is 3.21. The molecule has 1 fully saturated rings. The number of hydrogen-bond acceptors (Lipinski definition) is 5. The Morgan fingerprint density at radius 2 is 2.35 bits per heavy atom. The maximum absolute atomic E-state index is 12.6. The minimum absolute atomic E-state index is 0.0593. The zero-order valence-electron chi connectivity index (χ0n) is 13.6. The van der Waals surface area contributed by atoms with Crippen LogP contribution in [-0.2, 0) is 11.3 Å². The van der Waals surface area contributed by atoms with Crippen molar-refractivity contribution >= 4 is 5.91 Å². The second-order valence-corrected chi connectivity index (χ2v) is 5.82. The van der Waals surface area contributed by atoms with E-state index in [9.17, 15) is 4.79 Å². The van der Waals surface area contributed by atoms with E-state index in [4.69, 9.17) is 9.15 Å². The van der Waals surface area contributed by atoms with Crippen molar-refractivity contribution in [3.05, 3.63) is 36.1 Å². The van der Waals surface area contributed by atoms with E-state index in [1.807, 2.05) is 17.3 Å². The van der Waals surface area contributed by atoms with E-state index in [1.165, 1.54) is 6.39 Å². The van der Waals surface area contributed by atoms with Gasteiger partial charge >= 0.3 is 0 Å². The molecule has 7 nitrogen and oxygen atoms in total. The highest BCUT2D eigenvalue weighted by molar-refractivity contribution is 5.93. The molecular weight excluding hydrogens is 296 g/mol. The van der Waals surface area contributed by atoms with Gasteiger partial charge in [-0.25, -0.2) is 9.97 Å². The fourth-order valence-electron chi connectivity index (χ4n) is 3.09. The Hall–Kier alpha value is -2.15. The van der Waals surface area contributed by atoms with Crippen molar-refractivity contribution in [2.24, 2.45) is 0 Å². The third kappa shape index (κ3) is 3.29. The predicted molar refractivity (Wildman–Crippen MR) is 83.2 cm³/mol. The first-order chi connectivity index (χ1) is 11.2. The van der Waals surface area contributed by atoms with Crippen molar-refractivity contribution in [1.29, 1.82) is 0 Å². The summed E-state index contributed by atoms with van der Waals surface area (Å²) in [4.78, 5) is 23.0. The quantitative estimate of drug-likeness (QED) is 0.841. The monoisotopic (exact) mass is 318 g/mol. The van der Waals surface area contributed by atoms with Crippen molar-refractivity contribution in [2.75, 3.05) is 26.8 Å². The van der Waals surface area contributed by atoms with Gasteiger partial charge in [-0.15, -0.1) is 0 Å². The summed E-state index contributed by atoms with van der Waals surface area (Å²) in [6.45, 7) is 4.60. The molecule has 23 heavy (non-hydrogen) atoms. The number of aryl methyl sites for hydroxylation is 1. The number of imidazole rings is 1. The number of carbonyl (C=O) groups is 1. The zero-order chi connectivity index (χ0) is 16.2. The van der Waals surface area contributed by atoms with Gasteiger partial charge in [0.2, 0.25) is 0 Å². The number of piperidine rings is 1. The second kappa shape index (κ2) is 6.95. The van der Waals surface area contributed by atoms with E-state index in [0.29, 0.717) is 24.6 Å². The molecule has 1 atom stereocenters. The van der Waals surface area contributed by atoms with Crippen molar-refractivity contribution in [3.8, 4) is 0 Å². The van der Waals surface area contributed by atoms with Crippen LogP contribution >= 0.6 is 0 Å². The zero-order valence-corrected chi connectivity index (χ0v) is 13.6. The van der Waals surface area contributed by atoms with Gasteiger partial charge in [0, 0.05) is 45.1 Å². The topological polar surface area (TPSA) is 73.4 Å². The van der Waals surface area contributed by atoms with Gasteiger partial charge in [0.1, 0.15) is 11.6 Å². The molecule has 0 radical (unpaired) electrons. The summed E-state index contributed by atoms with van der Waals surface area (Å²) in [5, 5.41) is 0. The first kappa shape index (κ1) is 15.7. The molecule has 2 aromatic rings. The molecule has 0 N–H and O–H groups in total. The number of rotatable bonds is 5. The van der Waals surface area contributed by atoms with Gasteiger partial charge in [-0.3, -0.25) is 4.79 Å². The van der Waals surface area contributed by atoms with Crippen molar-refractivity contribution in [2.45, 2.75) is 32.2 Å². The minimum atomic E-state index is -0.0593. The lowest BCUT2D eigenvalue weighted by molar-refractivity contribution is 0.0695. The molecule has 1 saturated heterocycles. The summed E-state index contributed by atoms with van der Waals surface area (Å²) in [5.74, 6) is 1.78. The first-order valence-corrected chi connectivity index (χ1v) is 7.90. The van der Waals surface area contributed by atoms with Crippen LogP contribution in [0.1, 0.15) is 40.8 Å². The van der Waals surface area contributed by atoms with Crippen LogP contribution in [-0.4, -0.2) is 52.1 Å². The Kier molecular flexibility index (Phi) is 4.76. The lowest BCUT2D eigenvalue weighted by atomic mass is 9.96. The molecule has 2 aromatic heterocycles. The highest BCUT2D eigenvalue weighted by Crippen LogP contribution is 2.27. The normalized spacial score (nSPS) is 18.3. The largest absolute Gasteiger partial charge is 0.448 e. The van der Waals surface area contributed by atoms with Crippen LogP contribution in [0.15, 0.2) is 23.2 Å². The molecule has 0 spiro atoms. The Balaban J connectivity index is 1.72. The van der Waals surface area contributed by atoms with Crippen LogP contribution < -0.4 is 0 Å². The van der Waals surface area contributed by atoms with E-state index in [-0.39, 0.29) is 11.8 Å². The van der Waals surface area contributed by atoms with Gasteiger partial charge < -0.3 is 18.6 Å². The highest BCUT2D eigenvalue weighted by atomic mass is 16.5. The molecule has 1 aliphatic heterocycles. The second-order valence-electron chi connectivity index (χ2n) is 5.82. The molecule has 1 aliphatic rings. The summed E-state index contributed by atoms with van der Waals surface area (Å²) in [5.41, 5.74) is 0.411. The van der Waals surface area contributed by atoms with Crippen molar-refractivity contribution in [1.82, 2.24) is 19.4 Å². The molecule has 1 unspecified atom stereocenters. The Labute approximate surface area is 135 Å². The van der Waals surface area contributed by atoms with Gasteiger partial charge in [-0.05, 0) is 19.8 Å². The molecule has 0 aliphatic carbocycles. The number of likely N-dealkylation sites (tertiary alicyclic amines) is 1. The van der Waals surface area contributed by atoms with Gasteiger partial charge in [0.25, 0.3) is 5.91 Å². The standard InChI is InChI=1S/C16H22N4O3/c1-12-14(18-11-23-12)16(21)20-6-3-4-13(10-20)15-17-5-7-19(15)8-9-22-2/h5,7,11,13H,3-4,6,8-10H2,1-2H3. The SMILES string of the molecule is COCCn1ccnc1C1CCCN(C(=O)c2ncoc2C)C1. The van der Waals surface area contributed by atoms with Gasteiger partial charge in [0.05, 0.1) is 6.61 Å². The van der Waals surface area contributed by atoms with Crippen LogP contribution in [0.5, 0.6) is 0 Å². The minimum Gasteiger partial charge on any atom is -0.448 e. The number of amides is 1. The lowest BCUT2D eigenvalue weighted by Gasteiger charge is -2.32. The Bertz CT molecular complexity index is 664. The Morgan fingerprint density at radius 3 is 3.09 bits per heavy atom. The van der Waals surface area contributed by atoms with Crippen LogP contribution in [0, 0.1) is 6.92 Å². The van der Waals surface area contributed by atoms with Crippen molar-refractivity contribution < 1.29 is 13.9 Å². The fourth-order valence-corrected chi connectivity index (χ4v) is 3.09. The van der Waals surface area contributed by atoms with E-state index in [1.54, 1.807) is 14.0 Å². The van der Waals surface area contributed by atoms with Crippen molar-refractivity contribution in [3.63, 3.8) is 0 Å². The lowest BCUT2D eigenvalue weighted by Crippen LogP contribution is -2.40. The van der Waals surface area contributed by atoms with Gasteiger partial charge in [-0.1, -0.05) is 0 Å². The van der Waals surface area contributed by atoms with Gasteiger partial charge in [0.15, 0.2) is 12.1 Å². The number of aromatic nitrogens is 3. The molecule has 0 bridgehead atoms. The average molecular weight is 318 g/mol. The van der Waals surface area contributed by atoms with E-state index >= 15 is 0 Å². The molecule has 124 valence electrons. The number of oxazole rings is 1. The number of ether oxygens (including phenoxy) is 1. The van der Waals surface area contributed by atoms with Crippen LogP contribution in [0.3, 0.4) is 0 Å². The van der Waals surface area contributed by atoms with Crippen LogP contribution in [0.4, 0.5) is 0 Å². The third-order valence-electron chi connectivity index (χ3n) is 4.31. The molecule has 7 heteroatoms. The molecule has 0 saturated carbocycles. The molecule has 3 rings (SSSR count). The van der Waals surface area contributed by atoms with Crippen LogP contribution in [0.25, 0.3) is 0 Å². The van der Waals surface area contributed by atoms with E-state index in [2.05, 4.69) is 14.5 Å². The predicted octanol–water partition coefficient (Wildman–Crippen LogP) is 1.85. The Morgan fingerprint density at radius 1 is 1.48 bits per heavy atom. The summed E-state index contributed by atoms with van der Waals surface area (Å²) < 4.78 is 12.4. The van der Waals surface area contributed by atoms with E-state index < -0.39 is 0 Å². The maximum atomic E-state index is 12.6. The summed E-state index contributed by atoms with van der Waals surface area (Å²) in [6.07, 6.45) is 7.10. The first-order valence-electron chi connectivity index (χ1n) is 7.90. The highest BCUT2D eigenvalue weighted by Gasteiger charge is 2.29. The summed E-state index contributed by atoms with van der Waals surface area (Å²) in [7, 11) is 1.69. The molecule has 1 amide bonds. The fraction of sp³-hybridized carbons (Fsp3) is 0.562. The smallest absolute Gasteiger partial charge is 0.276 e. The number of hydrogen-bond donors (Lipinski definition) is 0. The summed E-state index contributed by atoms with van der Waals surface area (Å²) >= 11 is 0. The van der Waals surface area contributed by atoms with Gasteiger partial charge in [-0.2, -0.15) is 0 Å². The number of carbonyl (C=O) groups excluding carboxylic acids is 1. The van der Waals surface area contributed by atoms with E-state index in [0.717, 1.165) is 31.8 Å². The molecule has 3 heterocycles. The molecular formula is C16H22N4O3.